The molecule has 0 bridgehead atoms. The molecule has 0 saturated heterocycles. The summed E-state index contributed by atoms with van der Waals surface area (Å²) in [6.45, 7) is 0.257. The van der Waals surface area contributed by atoms with Crippen molar-refractivity contribution in [1.82, 2.24) is 10.2 Å². The number of aromatic amines is 1. The van der Waals surface area contributed by atoms with Crippen LogP contribution in [0.4, 0.5) is 5.69 Å². The Morgan fingerprint density at radius 3 is 2.74 bits per heavy atom. The molecule has 6 nitrogen and oxygen atoms in total. The highest BCUT2D eigenvalue weighted by atomic mass is 16.5. The van der Waals surface area contributed by atoms with E-state index in [1.54, 1.807) is 18.3 Å². The maximum atomic E-state index is 12.4. The number of H-pyrrole nitrogens is 1. The van der Waals surface area contributed by atoms with Crippen molar-refractivity contribution in [3.8, 4) is 17.0 Å². The largest absolute Gasteiger partial charge is 0.486 e. The number of para-hydroxylation sites is 1. The topological polar surface area (TPSA) is 80.2 Å². The Bertz CT molecular complexity index is 1020. The quantitative estimate of drug-likeness (QED) is 0.531. The molecule has 1 amide bonds. The van der Waals surface area contributed by atoms with E-state index in [1.807, 2.05) is 60.7 Å². The molecule has 4 aromatic rings. The Morgan fingerprint density at radius 1 is 1.04 bits per heavy atom. The molecule has 27 heavy (non-hydrogen) atoms. The third-order valence-electron chi connectivity index (χ3n) is 3.94. The number of hydrogen-bond donors (Lipinski definition) is 2. The predicted molar refractivity (Wildman–Crippen MR) is 101 cm³/mol. The van der Waals surface area contributed by atoms with Gasteiger partial charge in [-0.2, -0.15) is 5.10 Å². The van der Waals surface area contributed by atoms with Crippen LogP contribution in [-0.2, 0) is 6.61 Å². The molecule has 0 spiro atoms. The molecule has 0 unspecified atom stereocenters. The summed E-state index contributed by atoms with van der Waals surface area (Å²) in [5.74, 6) is 1.24. The number of carbonyl (C=O) groups is 1. The van der Waals surface area contributed by atoms with Crippen LogP contribution in [0.3, 0.4) is 0 Å². The summed E-state index contributed by atoms with van der Waals surface area (Å²) < 4.78 is 11.2. The summed E-state index contributed by atoms with van der Waals surface area (Å²) in [4.78, 5) is 12.4. The van der Waals surface area contributed by atoms with E-state index in [0.29, 0.717) is 11.4 Å². The molecule has 6 heteroatoms. The number of ether oxygens (including phenoxy) is 1. The molecule has 2 aromatic carbocycles. The normalized spacial score (nSPS) is 10.5. The van der Waals surface area contributed by atoms with E-state index in [1.165, 1.54) is 0 Å². The molecular formula is C21H17N3O3. The summed E-state index contributed by atoms with van der Waals surface area (Å²) in [6.07, 6.45) is 1.68. The minimum absolute atomic E-state index is 0.230. The lowest BCUT2D eigenvalue weighted by molar-refractivity contribution is 0.0992. The van der Waals surface area contributed by atoms with Crippen LogP contribution in [0.25, 0.3) is 11.3 Å². The van der Waals surface area contributed by atoms with Gasteiger partial charge in [0.05, 0.1) is 5.69 Å². The van der Waals surface area contributed by atoms with Gasteiger partial charge in [-0.05, 0) is 42.5 Å². The zero-order valence-corrected chi connectivity index (χ0v) is 14.4. The number of carbonyl (C=O) groups excluding carboxylic acids is 1. The van der Waals surface area contributed by atoms with Crippen molar-refractivity contribution >= 4 is 11.6 Å². The standard InChI is InChI=1S/C21H17N3O3/c25-21(23-16-6-4-5-15(13-16)19-11-12-22-24-19)20-10-9-18(27-20)14-26-17-7-2-1-3-8-17/h1-13H,14H2,(H,22,24)(H,23,25). The Hall–Kier alpha value is -3.80. The van der Waals surface area contributed by atoms with Crippen LogP contribution in [0.15, 0.2) is 83.4 Å². The fraction of sp³-hybridized carbons (Fsp3) is 0.0476. The van der Waals surface area contributed by atoms with Crippen molar-refractivity contribution in [2.45, 2.75) is 6.61 Å². The van der Waals surface area contributed by atoms with Gasteiger partial charge in [0.25, 0.3) is 5.91 Å². The van der Waals surface area contributed by atoms with Gasteiger partial charge in [0.1, 0.15) is 18.1 Å². The van der Waals surface area contributed by atoms with Gasteiger partial charge >= 0.3 is 0 Å². The Morgan fingerprint density at radius 2 is 1.93 bits per heavy atom. The molecule has 0 aliphatic heterocycles. The first-order chi connectivity index (χ1) is 13.3. The first-order valence-corrected chi connectivity index (χ1v) is 8.46. The van der Waals surface area contributed by atoms with Gasteiger partial charge in [0.2, 0.25) is 0 Å². The number of nitrogens with zero attached hydrogens (tertiary/aromatic N) is 1. The average molecular weight is 359 g/mol. The van der Waals surface area contributed by atoms with Gasteiger partial charge < -0.3 is 14.5 Å². The highest BCUT2D eigenvalue weighted by Crippen LogP contribution is 2.21. The number of rotatable bonds is 6. The van der Waals surface area contributed by atoms with Crippen molar-refractivity contribution < 1.29 is 13.9 Å². The van der Waals surface area contributed by atoms with Crippen LogP contribution in [-0.4, -0.2) is 16.1 Å². The molecule has 0 fully saturated rings. The molecular weight excluding hydrogens is 342 g/mol. The zero-order valence-electron chi connectivity index (χ0n) is 14.4. The first-order valence-electron chi connectivity index (χ1n) is 8.46. The molecule has 2 heterocycles. The lowest BCUT2D eigenvalue weighted by atomic mass is 10.1. The van der Waals surface area contributed by atoms with E-state index in [0.717, 1.165) is 17.0 Å². The van der Waals surface area contributed by atoms with Crippen molar-refractivity contribution in [2.75, 3.05) is 5.32 Å². The van der Waals surface area contributed by atoms with Crippen LogP contribution in [0.1, 0.15) is 16.3 Å². The molecule has 2 N–H and O–H groups in total. The third-order valence-corrected chi connectivity index (χ3v) is 3.94. The fourth-order valence-electron chi connectivity index (χ4n) is 2.62. The number of anilines is 1. The number of nitrogens with one attached hydrogen (secondary N) is 2. The maximum Gasteiger partial charge on any atom is 0.291 e. The van der Waals surface area contributed by atoms with Crippen LogP contribution in [0.2, 0.25) is 0 Å². The summed E-state index contributed by atoms with van der Waals surface area (Å²) in [7, 11) is 0. The highest BCUT2D eigenvalue weighted by molar-refractivity contribution is 6.02. The number of hydrogen-bond acceptors (Lipinski definition) is 4. The van der Waals surface area contributed by atoms with Gasteiger partial charge in [0.15, 0.2) is 5.76 Å². The lowest BCUT2D eigenvalue weighted by Gasteiger charge is -2.06. The highest BCUT2D eigenvalue weighted by Gasteiger charge is 2.12. The first kappa shape index (κ1) is 16.7. The van der Waals surface area contributed by atoms with E-state index in [2.05, 4.69) is 15.5 Å². The average Bonchev–Trinajstić information content (AvgIpc) is 3.40. The monoisotopic (exact) mass is 359 g/mol. The third kappa shape index (κ3) is 4.07. The second-order valence-corrected chi connectivity index (χ2v) is 5.87. The smallest absolute Gasteiger partial charge is 0.291 e. The second-order valence-electron chi connectivity index (χ2n) is 5.87. The molecule has 0 aliphatic rings. The van der Waals surface area contributed by atoms with Crippen LogP contribution < -0.4 is 10.1 Å². The van der Waals surface area contributed by atoms with Crippen molar-refractivity contribution in [2.24, 2.45) is 0 Å². The van der Waals surface area contributed by atoms with Gasteiger partial charge in [-0.25, -0.2) is 0 Å². The van der Waals surface area contributed by atoms with E-state index in [-0.39, 0.29) is 18.3 Å². The summed E-state index contributed by atoms with van der Waals surface area (Å²) in [5, 5.41) is 9.68. The molecule has 0 atom stereocenters. The van der Waals surface area contributed by atoms with Crippen LogP contribution in [0, 0.1) is 0 Å². The van der Waals surface area contributed by atoms with Crippen LogP contribution in [0.5, 0.6) is 5.75 Å². The van der Waals surface area contributed by atoms with E-state index in [9.17, 15) is 4.79 Å². The van der Waals surface area contributed by atoms with Crippen molar-refractivity contribution in [3.05, 3.63) is 90.5 Å². The zero-order chi connectivity index (χ0) is 18.5. The summed E-state index contributed by atoms with van der Waals surface area (Å²) >= 11 is 0. The molecule has 4 rings (SSSR count). The predicted octanol–water partition coefficient (Wildman–Crippen LogP) is 4.50. The minimum atomic E-state index is -0.317. The summed E-state index contributed by atoms with van der Waals surface area (Å²) in [6, 6.07) is 22.2. The van der Waals surface area contributed by atoms with Gasteiger partial charge in [-0.3, -0.25) is 9.89 Å². The number of furan rings is 1. The van der Waals surface area contributed by atoms with E-state index < -0.39 is 0 Å². The van der Waals surface area contributed by atoms with E-state index in [4.69, 9.17) is 9.15 Å². The fourth-order valence-corrected chi connectivity index (χ4v) is 2.62. The summed E-state index contributed by atoms with van der Waals surface area (Å²) in [5.41, 5.74) is 2.48. The molecule has 0 radical (unpaired) electrons. The molecule has 134 valence electrons. The number of aromatic nitrogens is 2. The Labute approximate surface area is 155 Å². The number of amides is 1. The number of benzene rings is 2. The van der Waals surface area contributed by atoms with Gasteiger partial charge in [-0.15, -0.1) is 0 Å². The van der Waals surface area contributed by atoms with Crippen LogP contribution >= 0.6 is 0 Å². The van der Waals surface area contributed by atoms with Gasteiger partial charge in [0, 0.05) is 17.4 Å². The Balaban J connectivity index is 1.40. The second kappa shape index (κ2) is 7.61. The van der Waals surface area contributed by atoms with E-state index >= 15 is 0 Å². The van der Waals surface area contributed by atoms with Gasteiger partial charge in [-0.1, -0.05) is 30.3 Å². The minimum Gasteiger partial charge on any atom is -0.486 e. The SMILES string of the molecule is O=C(Nc1cccc(-c2ccn[nH]2)c1)c1ccc(COc2ccccc2)o1. The molecule has 0 aliphatic carbocycles. The van der Waals surface area contributed by atoms with Crippen molar-refractivity contribution in [1.29, 1.82) is 0 Å². The molecule has 0 saturated carbocycles. The Kier molecular flexibility index (Phi) is 4.70. The molecule has 2 aromatic heterocycles. The van der Waals surface area contributed by atoms with Crippen molar-refractivity contribution in [3.63, 3.8) is 0 Å². The lowest BCUT2D eigenvalue weighted by Crippen LogP contribution is -2.10. The maximum absolute atomic E-state index is 12.4.